The first-order chi connectivity index (χ1) is 13.0. The molecular formula is C20H24N4O3. The number of carboxylic acids is 1. The number of hydrogen-bond acceptors (Lipinski definition) is 4. The smallest absolute Gasteiger partial charge is 0.326 e. The minimum Gasteiger partial charge on any atom is -0.480 e. The molecule has 1 spiro atoms. The summed E-state index contributed by atoms with van der Waals surface area (Å²) < 4.78 is 1.86. The van der Waals surface area contributed by atoms with Crippen LogP contribution in [-0.2, 0) is 11.8 Å². The summed E-state index contributed by atoms with van der Waals surface area (Å²) in [6.07, 6.45) is 5.86. The number of carbonyl (C=O) groups is 2. The second-order valence-electron chi connectivity index (χ2n) is 7.65. The SMILES string of the molecule is Cn1ccnc1-c1ccccc1C(=O)N1CC2(CCNCC2)C[C@@H]1C(=O)O. The van der Waals surface area contributed by atoms with Gasteiger partial charge in [-0.05, 0) is 43.8 Å². The summed E-state index contributed by atoms with van der Waals surface area (Å²) in [5.74, 6) is -0.453. The van der Waals surface area contributed by atoms with E-state index in [0.717, 1.165) is 31.5 Å². The summed E-state index contributed by atoms with van der Waals surface area (Å²) in [6.45, 7) is 2.25. The van der Waals surface area contributed by atoms with E-state index in [4.69, 9.17) is 0 Å². The molecule has 4 rings (SSSR count). The molecule has 1 atom stereocenters. The highest BCUT2D eigenvalue weighted by Gasteiger charge is 2.49. The topological polar surface area (TPSA) is 87.5 Å². The van der Waals surface area contributed by atoms with E-state index in [9.17, 15) is 14.7 Å². The van der Waals surface area contributed by atoms with Crippen molar-refractivity contribution < 1.29 is 14.7 Å². The molecule has 7 nitrogen and oxygen atoms in total. The Morgan fingerprint density at radius 2 is 2.00 bits per heavy atom. The number of nitrogens with one attached hydrogen (secondary N) is 1. The first-order valence-electron chi connectivity index (χ1n) is 9.32. The summed E-state index contributed by atoms with van der Waals surface area (Å²) in [6, 6.07) is 6.53. The molecule has 7 heteroatoms. The zero-order chi connectivity index (χ0) is 19.0. The molecule has 3 heterocycles. The number of aliphatic carboxylic acids is 1. The summed E-state index contributed by atoms with van der Waals surface area (Å²) in [5.41, 5.74) is 1.14. The average Bonchev–Trinajstić information content (AvgIpc) is 3.26. The summed E-state index contributed by atoms with van der Waals surface area (Å²) in [4.78, 5) is 31.3. The Morgan fingerprint density at radius 1 is 1.26 bits per heavy atom. The van der Waals surface area contributed by atoms with Crippen LogP contribution >= 0.6 is 0 Å². The Kier molecular flexibility index (Phi) is 4.47. The zero-order valence-electron chi connectivity index (χ0n) is 15.4. The van der Waals surface area contributed by atoms with Crippen LogP contribution in [-0.4, -0.2) is 57.1 Å². The molecule has 2 aliphatic heterocycles. The lowest BCUT2D eigenvalue weighted by Crippen LogP contribution is -2.42. The van der Waals surface area contributed by atoms with Gasteiger partial charge in [-0.25, -0.2) is 9.78 Å². The predicted molar refractivity (Wildman–Crippen MR) is 100 cm³/mol. The van der Waals surface area contributed by atoms with Gasteiger partial charge in [0.25, 0.3) is 5.91 Å². The molecule has 0 aliphatic carbocycles. The van der Waals surface area contributed by atoms with Crippen molar-refractivity contribution in [1.29, 1.82) is 0 Å². The molecule has 1 aromatic carbocycles. The molecule has 1 amide bonds. The second-order valence-corrected chi connectivity index (χ2v) is 7.65. The molecule has 2 saturated heterocycles. The van der Waals surface area contributed by atoms with Crippen LogP contribution in [0.4, 0.5) is 0 Å². The Balaban J connectivity index is 1.70. The van der Waals surface area contributed by atoms with E-state index in [2.05, 4.69) is 10.3 Å². The molecule has 142 valence electrons. The second kappa shape index (κ2) is 6.81. The summed E-state index contributed by atoms with van der Waals surface area (Å²) >= 11 is 0. The number of nitrogens with zero attached hydrogens (tertiary/aromatic N) is 3. The quantitative estimate of drug-likeness (QED) is 0.862. The maximum absolute atomic E-state index is 13.4. The summed E-state index contributed by atoms with van der Waals surface area (Å²) in [7, 11) is 1.88. The zero-order valence-corrected chi connectivity index (χ0v) is 15.4. The van der Waals surface area contributed by atoms with Gasteiger partial charge in [0.2, 0.25) is 0 Å². The van der Waals surface area contributed by atoms with Gasteiger partial charge in [-0.15, -0.1) is 0 Å². The standard InChI is InChI=1S/C20H24N4O3/c1-23-11-10-22-17(23)14-4-2-3-5-15(14)18(25)24-13-20(6-8-21-9-7-20)12-16(24)19(26)27/h2-5,10-11,16,21H,6-9,12-13H2,1H3,(H,26,27)/t16-/m1/s1. The Labute approximate surface area is 158 Å². The van der Waals surface area contributed by atoms with Crippen molar-refractivity contribution in [3.05, 3.63) is 42.2 Å². The van der Waals surface area contributed by atoms with E-state index in [-0.39, 0.29) is 11.3 Å². The fourth-order valence-corrected chi connectivity index (χ4v) is 4.45. The van der Waals surface area contributed by atoms with Gasteiger partial charge in [-0.1, -0.05) is 18.2 Å². The van der Waals surface area contributed by atoms with Gasteiger partial charge in [0.1, 0.15) is 11.9 Å². The molecule has 2 aliphatic rings. The van der Waals surface area contributed by atoms with Crippen molar-refractivity contribution in [2.24, 2.45) is 12.5 Å². The number of amides is 1. The van der Waals surface area contributed by atoms with Gasteiger partial charge in [0.05, 0.1) is 5.56 Å². The Hall–Kier alpha value is -2.67. The number of piperidine rings is 1. The van der Waals surface area contributed by atoms with E-state index >= 15 is 0 Å². The summed E-state index contributed by atoms with van der Waals surface area (Å²) in [5, 5.41) is 13.1. The molecule has 0 radical (unpaired) electrons. The Morgan fingerprint density at radius 3 is 2.67 bits per heavy atom. The van der Waals surface area contributed by atoms with Crippen molar-refractivity contribution >= 4 is 11.9 Å². The lowest BCUT2D eigenvalue weighted by atomic mass is 9.77. The highest BCUT2D eigenvalue weighted by molar-refractivity contribution is 6.02. The van der Waals surface area contributed by atoms with E-state index in [0.29, 0.717) is 24.4 Å². The van der Waals surface area contributed by atoms with Crippen LogP contribution in [0.15, 0.2) is 36.7 Å². The number of benzene rings is 1. The van der Waals surface area contributed by atoms with Crippen molar-refractivity contribution in [2.45, 2.75) is 25.3 Å². The van der Waals surface area contributed by atoms with Crippen molar-refractivity contribution in [2.75, 3.05) is 19.6 Å². The monoisotopic (exact) mass is 368 g/mol. The number of likely N-dealkylation sites (tertiary alicyclic amines) is 1. The molecule has 27 heavy (non-hydrogen) atoms. The lowest BCUT2D eigenvalue weighted by Gasteiger charge is -2.33. The number of imidazole rings is 1. The van der Waals surface area contributed by atoms with Crippen LogP contribution in [0.2, 0.25) is 0 Å². The van der Waals surface area contributed by atoms with Crippen LogP contribution in [0.1, 0.15) is 29.6 Å². The first kappa shape index (κ1) is 17.7. The van der Waals surface area contributed by atoms with E-state index < -0.39 is 12.0 Å². The van der Waals surface area contributed by atoms with E-state index in [1.54, 1.807) is 17.2 Å². The van der Waals surface area contributed by atoms with Crippen molar-refractivity contribution in [3.8, 4) is 11.4 Å². The number of aryl methyl sites for hydroxylation is 1. The highest BCUT2D eigenvalue weighted by atomic mass is 16.4. The first-order valence-corrected chi connectivity index (χ1v) is 9.32. The number of hydrogen-bond donors (Lipinski definition) is 2. The fourth-order valence-electron chi connectivity index (χ4n) is 4.45. The number of carboxylic acid groups (broad SMARTS) is 1. The predicted octanol–water partition coefficient (Wildman–Crippen LogP) is 1.76. The van der Waals surface area contributed by atoms with Gasteiger partial charge >= 0.3 is 5.97 Å². The third-order valence-corrected chi connectivity index (χ3v) is 5.94. The van der Waals surface area contributed by atoms with Crippen LogP contribution < -0.4 is 5.32 Å². The van der Waals surface area contributed by atoms with Crippen LogP contribution in [0, 0.1) is 5.41 Å². The van der Waals surface area contributed by atoms with Crippen molar-refractivity contribution in [1.82, 2.24) is 19.8 Å². The number of rotatable bonds is 3. The van der Waals surface area contributed by atoms with Gasteiger partial charge in [0.15, 0.2) is 0 Å². The average molecular weight is 368 g/mol. The third-order valence-electron chi connectivity index (χ3n) is 5.94. The fraction of sp³-hybridized carbons (Fsp3) is 0.450. The van der Waals surface area contributed by atoms with Crippen LogP contribution in [0.3, 0.4) is 0 Å². The number of aromatic nitrogens is 2. The van der Waals surface area contributed by atoms with Crippen LogP contribution in [0.25, 0.3) is 11.4 Å². The molecular weight excluding hydrogens is 344 g/mol. The molecule has 0 saturated carbocycles. The molecule has 2 N–H and O–H groups in total. The highest BCUT2D eigenvalue weighted by Crippen LogP contribution is 2.43. The minimum atomic E-state index is -0.923. The maximum Gasteiger partial charge on any atom is 0.326 e. The minimum absolute atomic E-state index is 0.0951. The van der Waals surface area contributed by atoms with Gasteiger partial charge < -0.3 is 19.9 Å². The third kappa shape index (κ3) is 3.12. The lowest BCUT2D eigenvalue weighted by molar-refractivity contribution is -0.141. The van der Waals surface area contributed by atoms with E-state index in [1.165, 1.54) is 0 Å². The van der Waals surface area contributed by atoms with Crippen LogP contribution in [0.5, 0.6) is 0 Å². The van der Waals surface area contributed by atoms with Gasteiger partial charge in [-0.3, -0.25) is 4.79 Å². The van der Waals surface area contributed by atoms with E-state index in [1.807, 2.05) is 36.0 Å². The van der Waals surface area contributed by atoms with Gasteiger partial charge in [-0.2, -0.15) is 0 Å². The molecule has 2 fully saturated rings. The molecule has 0 bridgehead atoms. The Bertz CT molecular complexity index is 870. The van der Waals surface area contributed by atoms with Crippen molar-refractivity contribution in [3.63, 3.8) is 0 Å². The molecule has 1 aromatic heterocycles. The molecule has 2 aromatic rings. The molecule has 0 unspecified atom stereocenters. The largest absolute Gasteiger partial charge is 0.480 e. The number of carbonyl (C=O) groups excluding carboxylic acids is 1. The normalized spacial score (nSPS) is 21.5. The van der Waals surface area contributed by atoms with Gasteiger partial charge in [0, 0.05) is 31.5 Å². The maximum atomic E-state index is 13.4.